The molecule has 0 aromatic rings. The molecule has 5 nitrogen and oxygen atoms in total. The smallest absolute Gasteiger partial charge is 0.408 e. The highest BCUT2D eigenvalue weighted by molar-refractivity contribution is 5.79. The maximum atomic E-state index is 12.3. The fourth-order valence-corrected chi connectivity index (χ4v) is 2.77. The molecule has 0 radical (unpaired) electrons. The van der Waals surface area contributed by atoms with Crippen LogP contribution in [-0.4, -0.2) is 41.6 Å². The summed E-state index contributed by atoms with van der Waals surface area (Å²) in [5, 5.41) is 2.83. The Hall–Kier alpha value is -1.26. The minimum atomic E-state index is -0.522. The zero-order valence-electron chi connectivity index (χ0n) is 14.3. The molecule has 1 aliphatic rings. The van der Waals surface area contributed by atoms with Gasteiger partial charge >= 0.3 is 6.09 Å². The zero-order valence-corrected chi connectivity index (χ0v) is 14.3. The van der Waals surface area contributed by atoms with E-state index >= 15 is 0 Å². The Morgan fingerprint density at radius 1 is 1.14 bits per heavy atom. The van der Waals surface area contributed by atoms with Crippen LogP contribution in [0, 0.1) is 5.92 Å². The van der Waals surface area contributed by atoms with Crippen molar-refractivity contribution in [2.24, 2.45) is 5.92 Å². The maximum Gasteiger partial charge on any atom is 0.408 e. The van der Waals surface area contributed by atoms with E-state index in [4.69, 9.17) is 4.74 Å². The molecule has 21 heavy (non-hydrogen) atoms. The summed E-state index contributed by atoms with van der Waals surface area (Å²) in [5.41, 5.74) is -1.04. The van der Waals surface area contributed by atoms with Crippen molar-refractivity contribution in [3.63, 3.8) is 0 Å². The average Bonchev–Trinajstić information content (AvgIpc) is 2.76. The van der Waals surface area contributed by atoms with Crippen LogP contribution in [0.15, 0.2) is 0 Å². The molecular formula is C16H30N2O3. The molecule has 0 aliphatic heterocycles. The molecule has 2 amide bonds. The lowest BCUT2D eigenvalue weighted by molar-refractivity contribution is -0.134. The third kappa shape index (κ3) is 6.36. The number of alkyl carbamates (subject to hydrolysis) is 1. The number of amides is 2. The van der Waals surface area contributed by atoms with Crippen molar-refractivity contribution >= 4 is 12.0 Å². The number of ether oxygens (including phenoxy) is 1. The highest BCUT2D eigenvalue weighted by Gasteiger charge is 2.30. The topological polar surface area (TPSA) is 58.6 Å². The van der Waals surface area contributed by atoms with Gasteiger partial charge in [-0.25, -0.2) is 4.79 Å². The Labute approximate surface area is 128 Å². The molecular weight excluding hydrogens is 268 g/mol. The summed E-state index contributed by atoms with van der Waals surface area (Å²) < 4.78 is 5.26. The first kappa shape index (κ1) is 17.8. The highest BCUT2D eigenvalue weighted by Crippen LogP contribution is 2.26. The van der Waals surface area contributed by atoms with Gasteiger partial charge in [-0.15, -0.1) is 0 Å². The van der Waals surface area contributed by atoms with Crippen molar-refractivity contribution in [1.29, 1.82) is 0 Å². The summed E-state index contributed by atoms with van der Waals surface area (Å²) in [7, 11) is 1.80. The number of rotatable bonds is 4. The van der Waals surface area contributed by atoms with Crippen LogP contribution in [0.2, 0.25) is 0 Å². The largest absolute Gasteiger partial charge is 0.444 e. The first-order valence-corrected chi connectivity index (χ1v) is 7.76. The first-order chi connectivity index (χ1) is 9.50. The maximum absolute atomic E-state index is 12.3. The molecule has 1 saturated carbocycles. The minimum Gasteiger partial charge on any atom is -0.444 e. The third-order valence-corrected chi connectivity index (χ3v) is 3.55. The Bertz CT molecular complexity index is 379. The van der Waals surface area contributed by atoms with Gasteiger partial charge in [-0.05, 0) is 47.5 Å². The second-order valence-electron chi connectivity index (χ2n) is 7.69. The van der Waals surface area contributed by atoms with E-state index in [9.17, 15) is 9.59 Å². The monoisotopic (exact) mass is 298 g/mol. The standard InChI is InChI=1S/C16H30N2O3/c1-15(2,3)21-14(20)17-16(4,5)11-18(6)13(19)12-9-7-8-10-12/h12H,7-11H2,1-6H3,(H,17,20). The van der Waals surface area contributed by atoms with Crippen LogP contribution in [0.3, 0.4) is 0 Å². The third-order valence-electron chi connectivity index (χ3n) is 3.55. The van der Waals surface area contributed by atoms with Gasteiger partial charge in [0.15, 0.2) is 0 Å². The van der Waals surface area contributed by atoms with Gasteiger partial charge in [0.05, 0.1) is 5.54 Å². The quantitative estimate of drug-likeness (QED) is 0.868. The lowest BCUT2D eigenvalue weighted by Gasteiger charge is -2.33. The van der Waals surface area contributed by atoms with E-state index in [-0.39, 0.29) is 11.8 Å². The molecule has 0 heterocycles. The van der Waals surface area contributed by atoms with E-state index in [0.29, 0.717) is 6.54 Å². The van der Waals surface area contributed by atoms with Gasteiger partial charge in [-0.2, -0.15) is 0 Å². The molecule has 0 saturated heterocycles. The lowest BCUT2D eigenvalue weighted by atomic mass is 10.0. The van der Waals surface area contributed by atoms with Crippen LogP contribution in [0.25, 0.3) is 0 Å². The number of nitrogens with zero attached hydrogens (tertiary/aromatic N) is 1. The summed E-state index contributed by atoms with van der Waals surface area (Å²) >= 11 is 0. The molecule has 1 rings (SSSR count). The summed E-state index contributed by atoms with van der Waals surface area (Å²) in [6, 6.07) is 0. The number of hydrogen-bond acceptors (Lipinski definition) is 3. The number of carbonyl (C=O) groups excluding carboxylic acids is 2. The summed E-state index contributed by atoms with van der Waals surface area (Å²) in [5.74, 6) is 0.346. The molecule has 0 aromatic heterocycles. The van der Waals surface area contributed by atoms with E-state index in [1.807, 2.05) is 34.6 Å². The van der Waals surface area contributed by atoms with Crippen LogP contribution in [0.4, 0.5) is 4.79 Å². The number of nitrogens with one attached hydrogen (secondary N) is 1. The van der Waals surface area contributed by atoms with Crippen LogP contribution >= 0.6 is 0 Å². The van der Waals surface area contributed by atoms with Gasteiger partial charge in [-0.1, -0.05) is 12.8 Å². The van der Waals surface area contributed by atoms with Gasteiger partial charge in [0.25, 0.3) is 0 Å². The molecule has 0 atom stereocenters. The van der Waals surface area contributed by atoms with E-state index in [1.165, 1.54) is 0 Å². The van der Waals surface area contributed by atoms with Gasteiger partial charge in [0.1, 0.15) is 5.60 Å². The van der Waals surface area contributed by atoms with Gasteiger partial charge < -0.3 is 15.0 Å². The molecule has 0 spiro atoms. The lowest BCUT2D eigenvalue weighted by Crippen LogP contribution is -2.53. The van der Waals surface area contributed by atoms with Crippen LogP contribution in [0.5, 0.6) is 0 Å². The summed E-state index contributed by atoms with van der Waals surface area (Å²) in [6.07, 6.45) is 3.81. The molecule has 122 valence electrons. The Kier molecular flexibility index (Phi) is 5.65. The van der Waals surface area contributed by atoms with Crippen molar-refractivity contribution in [2.75, 3.05) is 13.6 Å². The number of likely N-dealkylation sites (N-methyl/N-ethyl adjacent to an activating group) is 1. The Morgan fingerprint density at radius 2 is 1.67 bits per heavy atom. The van der Waals surface area contributed by atoms with Gasteiger partial charge in [-0.3, -0.25) is 4.79 Å². The molecule has 0 bridgehead atoms. The normalized spacial score (nSPS) is 16.7. The van der Waals surface area contributed by atoms with Crippen molar-refractivity contribution < 1.29 is 14.3 Å². The van der Waals surface area contributed by atoms with Crippen LogP contribution < -0.4 is 5.32 Å². The highest BCUT2D eigenvalue weighted by atomic mass is 16.6. The van der Waals surface area contributed by atoms with E-state index in [0.717, 1.165) is 25.7 Å². The SMILES string of the molecule is CN(CC(C)(C)NC(=O)OC(C)(C)C)C(=O)C1CCCC1. The van der Waals surface area contributed by atoms with Crippen LogP contribution in [0.1, 0.15) is 60.3 Å². The van der Waals surface area contributed by atoms with Gasteiger partial charge in [0.2, 0.25) is 5.91 Å². The van der Waals surface area contributed by atoms with E-state index in [2.05, 4.69) is 5.32 Å². The predicted molar refractivity (Wildman–Crippen MR) is 83.0 cm³/mol. The molecule has 1 N–H and O–H groups in total. The number of hydrogen-bond donors (Lipinski definition) is 1. The Morgan fingerprint density at radius 3 is 2.14 bits per heavy atom. The predicted octanol–water partition coefficient (Wildman–Crippen LogP) is 2.94. The second-order valence-corrected chi connectivity index (χ2v) is 7.69. The van der Waals surface area contributed by atoms with E-state index < -0.39 is 17.2 Å². The van der Waals surface area contributed by atoms with Crippen molar-refractivity contribution in [2.45, 2.75) is 71.4 Å². The van der Waals surface area contributed by atoms with E-state index in [1.54, 1.807) is 11.9 Å². The fourth-order valence-electron chi connectivity index (χ4n) is 2.77. The molecule has 5 heteroatoms. The van der Waals surface area contributed by atoms with Crippen molar-refractivity contribution in [1.82, 2.24) is 10.2 Å². The van der Waals surface area contributed by atoms with Crippen molar-refractivity contribution in [3.8, 4) is 0 Å². The zero-order chi connectivity index (χ0) is 16.3. The van der Waals surface area contributed by atoms with Crippen LogP contribution in [-0.2, 0) is 9.53 Å². The van der Waals surface area contributed by atoms with Gasteiger partial charge in [0, 0.05) is 19.5 Å². The summed E-state index contributed by atoms with van der Waals surface area (Å²) in [6.45, 7) is 9.76. The molecule has 1 fully saturated rings. The average molecular weight is 298 g/mol. The molecule has 0 unspecified atom stereocenters. The second kappa shape index (κ2) is 6.67. The van der Waals surface area contributed by atoms with Crippen molar-refractivity contribution in [3.05, 3.63) is 0 Å². The first-order valence-electron chi connectivity index (χ1n) is 7.76. The summed E-state index contributed by atoms with van der Waals surface area (Å²) in [4.78, 5) is 25.9. The Balaban J connectivity index is 2.50. The molecule has 0 aromatic carbocycles. The fraction of sp³-hybridized carbons (Fsp3) is 0.875. The molecule has 1 aliphatic carbocycles. The number of carbonyl (C=O) groups is 2. The minimum absolute atomic E-state index is 0.160.